The van der Waals surface area contributed by atoms with Gasteiger partial charge in [0.25, 0.3) is 0 Å². The zero-order valence-electron chi connectivity index (χ0n) is 15.6. The van der Waals surface area contributed by atoms with Crippen LogP contribution < -0.4 is 0 Å². The number of allylic oxidation sites excluding steroid dienone is 1. The van der Waals surface area contributed by atoms with Gasteiger partial charge in [0.05, 0.1) is 24.2 Å². The van der Waals surface area contributed by atoms with Crippen LogP contribution in [0.2, 0.25) is 0 Å². The van der Waals surface area contributed by atoms with Gasteiger partial charge in [-0.15, -0.1) is 0 Å². The highest BCUT2D eigenvalue weighted by Crippen LogP contribution is 2.58. The molecule has 0 spiro atoms. The molecule has 3 rings (SSSR count). The maximum Gasteiger partial charge on any atom is 0.336 e. The second-order valence-corrected chi connectivity index (χ2v) is 7.97. The minimum Gasteiger partial charge on any atom is -0.458 e. The Balaban J connectivity index is 1.99. The lowest BCUT2D eigenvalue weighted by Crippen LogP contribution is -2.60. The molecule has 7 unspecified atom stereocenters. The smallest absolute Gasteiger partial charge is 0.336 e. The van der Waals surface area contributed by atoms with E-state index >= 15 is 0 Å². The zero-order chi connectivity index (χ0) is 19.9. The highest BCUT2D eigenvalue weighted by molar-refractivity contribution is 5.92. The van der Waals surface area contributed by atoms with Gasteiger partial charge in [0.1, 0.15) is 18.5 Å². The Kier molecular flexibility index (Phi) is 5.27. The fourth-order valence-corrected chi connectivity index (χ4v) is 5.12. The number of aliphatic hydroxyl groups excluding tert-OH is 2. The van der Waals surface area contributed by atoms with Crippen molar-refractivity contribution in [2.75, 3.05) is 6.61 Å². The van der Waals surface area contributed by atoms with Gasteiger partial charge < -0.3 is 24.5 Å². The number of aldehydes is 1. The molecule has 0 radical (unpaired) electrons. The van der Waals surface area contributed by atoms with Crippen LogP contribution in [0.1, 0.15) is 33.1 Å². The fraction of sp³-hybridized carbons (Fsp3) is 0.650. The fourth-order valence-electron chi connectivity index (χ4n) is 5.12. The van der Waals surface area contributed by atoms with Crippen molar-refractivity contribution in [3.8, 4) is 0 Å². The molecule has 2 N–H and O–H groups in total. The number of hydrogen-bond donors (Lipinski definition) is 2. The van der Waals surface area contributed by atoms with Crippen LogP contribution in [0, 0.1) is 23.2 Å². The summed E-state index contributed by atoms with van der Waals surface area (Å²) in [4.78, 5) is 36.3. The van der Waals surface area contributed by atoms with Crippen molar-refractivity contribution in [2.45, 2.75) is 51.4 Å². The van der Waals surface area contributed by atoms with Crippen LogP contribution in [-0.4, -0.2) is 53.4 Å². The molecular weight excluding hydrogens is 352 g/mol. The molecule has 148 valence electrons. The van der Waals surface area contributed by atoms with Crippen LogP contribution in [0.3, 0.4) is 0 Å². The van der Waals surface area contributed by atoms with E-state index in [2.05, 4.69) is 6.58 Å². The molecular formula is C20H26O7. The van der Waals surface area contributed by atoms with Gasteiger partial charge in [-0.25, -0.2) is 9.59 Å². The molecule has 3 aliphatic rings. The molecule has 27 heavy (non-hydrogen) atoms. The third-order valence-electron chi connectivity index (χ3n) is 6.63. The Bertz CT molecular complexity index is 696. The summed E-state index contributed by atoms with van der Waals surface area (Å²) in [5.74, 6) is -2.50. The largest absolute Gasteiger partial charge is 0.458 e. The molecule has 3 fully saturated rings. The zero-order valence-corrected chi connectivity index (χ0v) is 15.6. The molecule has 7 heteroatoms. The average molecular weight is 378 g/mol. The maximum atomic E-state index is 12.4. The molecule has 2 saturated carbocycles. The van der Waals surface area contributed by atoms with E-state index in [1.165, 1.54) is 6.08 Å². The Morgan fingerprint density at radius 3 is 2.74 bits per heavy atom. The average Bonchev–Trinajstić information content (AvgIpc) is 2.92. The first-order valence-corrected chi connectivity index (χ1v) is 9.28. The summed E-state index contributed by atoms with van der Waals surface area (Å²) in [5, 5.41) is 20.0. The third-order valence-corrected chi connectivity index (χ3v) is 6.63. The second kappa shape index (κ2) is 7.20. The van der Waals surface area contributed by atoms with Gasteiger partial charge in [-0.3, -0.25) is 0 Å². The van der Waals surface area contributed by atoms with Gasteiger partial charge in [0.15, 0.2) is 0 Å². The monoisotopic (exact) mass is 378 g/mol. The van der Waals surface area contributed by atoms with E-state index in [1.54, 1.807) is 6.92 Å². The van der Waals surface area contributed by atoms with Gasteiger partial charge >= 0.3 is 11.9 Å². The van der Waals surface area contributed by atoms with Crippen molar-refractivity contribution in [3.63, 3.8) is 0 Å². The lowest BCUT2D eigenvalue weighted by molar-refractivity contribution is -0.194. The SMILES string of the molecule is C=C1C(=O)OC2C1C(OC(=O)C(=CC)CO)CC1(C)C(O)CCC(C=O)C21. The third kappa shape index (κ3) is 3.02. The summed E-state index contributed by atoms with van der Waals surface area (Å²) in [6.45, 7) is 6.83. The van der Waals surface area contributed by atoms with Crippen LogP contribution in [0.15, 0.2) is 23.8 Å². The molecule has 0 aromatic carbocycles. The first-order chi connectivity index (χ1) is 12.8. The van der Waals surface area contributed by atoms with Crippen LogP contribution in [0.4, 0.5) is 0 Å². The van der Waals surface area contributed by atoms with E-state index < -0.39 is 48.2 Å². The number of rotatable bonds is 4. The molecule has 0 amide bonds. The number of carbonyl (C=O) groups is 3. The molecule has 7 atom stereocenters. The highest BCUT2D eigenvalue weighted by Gasteiger charge is 2.63. The van der Waals surface area contributed by atoms with Crippen molar-refractivity contribution >= 4 is 18.2 Å². The van der Waals surface area contributed by atoms with E-state index in [0.717, 1.165) is 6.29 Å². The Morgan fingerprint density at radius 2 is 2.15 bits per heavy atom. The van der Waals surface area contributed by atoms with Crippen LogP contribution in [0.5, 0.6) is 0 Å². The van der Waals surface area contributed by atoms with Crippen molar-refractivity contribution in [1.82, 2.24) is 0 Å². The van der Waals surface area contributed by atoms with Gasteiger partial charge in [-0.1, -0.05) is 19.6 Å². The van der Waals surface area contributed by atoms with E-state index in [1.807, 2.05) is 6.92 Å². The first kappa shape index (κ1) is 19.8. The topological polar surface area (TPSA) is 110 Å². The highest BCUT2D eigenvalue weighted by atomic mass is 16.6. The second-order valence-electron chi connectivity index (χ2n) is 7.97. The van der Waals surface area contributed by atoms with Crippen molar-refractivity contribution < 1.29 is 34.1 Å². The number of esters is 2. The Hall–Kier alpha value is -1.99. The molecule has 1 aliphatic heterocycles. The molecule has 2 aliphatic carbocycles. The summed E-state index contributed by atoms with van der Waals surface area (Å²) in [6, 6.07) is 0. The normalized spacial score (nSPS) is 41.4. The summed E-state index contributed by atoms with van der Waals surface area (Å²) in [6.07, 6.45) is 1.50. The van der Waals surface area contributed by atoms with E-state index in [4.69, 9.17) is 9.47 Å². The summed E-state index contributed by atoms with van der Waals surface area (Å²) >= 11 is 0. The molecule has 0 aromatic rings. The molecule has 7 nitrogen and oxygen atoms in total. The van der Waals surface area contributed by atoms with E-state index in [9.17, 15) is 24.6 Å². The summed E-state index contributed by atoms with van der Waals surface area (Å²) in [5.41, 5.74) is -0.406. The van der Waals surface area contributed by atoms with Gasteiger partial charge in [0, 0.05) is 22.8 Å². The number of ether oxygens (including phenoxy) is 2. The lowest BCUT2D eigenvalue weighted by atomic mass is 9.51. The minimum atomic E-state index is -0.740. The molecule has 0 bridgehead atoms. The van der Waals surface area contributed by atoms with Crippen LogP contribution >= 0.6 is 0 Å². The summed E-state index contributed by atoms with van der Waals surface area (Å²) in [7, 11) is 0. The first-order valence-electron chi connectivity index (χ1n) is 9.28. The molecule has 0 aromatic heterocycles. The number of fused-ring (bicyclic) bond motifs is 3. The summed E-state index contributed by atoms with van der Waals surface area (Å²) < 4.78 is 11.2. The van der Waals surface area contributed by atoms with E-state index in [0.29, 0.717) is 12.8 Å². The van der Waals surface area contributed by atoms with E-state index in [-0.39, 0.29) is 29.4 Å². The predicted molar refractivity (Wildman–Crippen MR) is 94.2 cm³/mol. The molecule has 1 heterocycles. The quantitative estimate of drug-likeness (QED) is 0.425. The van der Waals surface area contributed by atoms with Gasteiger partial charge in [-0.05, 0) is 26.2 Å². The Morgan fingerprint density at radius 1 is 1.44 bits per heavy atom. The molecule has 1 saturated heterocycles. The van der Waals surface area contributed by atoms with Crippen molar-refractivity contribution in [3.05, 3.63) is 23.8 Å². The lowest BCUT2D eigenvalue weighted by Gasteiger charge is -2.55. The van der Waals surface area contributed by atoms with Gasteiger partial charge in [-0.2, -0.15) is 0 Å². The van der Waals surface area contributed by atoms with Crippen LogP contribution in [0.25, 0.3) is 0 Å². The Labute approximate surface area is 158 Å². The minimum absolute atomic E-state index is 0.115. The standard InChI is InChI=1S/C20H26O7/c1-4-11(8-21)19(25)26-13-7-20(3)14(23)6-5-12(9-22)16(20)17-15(13)10(2)18(24)27-17/h4,9,12-17,21,23H,2,5-8H2,1,3H3. The van der Waals surface area contributed by atoms with Crippen molar-refractivity contribution in [2.24, 2.45) is 23.2 Å². The van der Waals surface area contributed by atoms with Crippen LogP contribution in [-0.2, 0) is 23.9 Å². The number of carbonyl (C=O) groups excluding carboxylic acids is 3. The maximum absolute atomic E-state index is 12.4. The van der Waals surface area contributed by atoms with Gasteiger partial charge in [0.2, 0.25) is 0 Å². The number of aliphatic hydroxyl groups is 2. The van der Waals surface area contributed by atoms with Crippen molar-refractivity contribution in [1.29, 1.82) is 0 Å². The predicted octanol–water partition coefficient (Wildman–Crippen LogP) is 0.931. The number of hydrogen-bond acceptors (Lipinski definition) is 7.